The minimum Gasteiger partial charge on any atom is -0.391 e. The first kappa shape index (κ1) is 26.9. The van der Waals surface area contributed by atoms with Crippen molar-refractivity contribution in [2.75, 3.05) is 18.9 Å². The number of aromatic nitrogens is 2. The van der Waals surface area contributed by atoms with Gasteiger partial charge in [-0.3, -0.25) is 0 Å². The Kier molecular flexibility index (Phi) is 9.98. The number of anilines is 2. The van der Waals surface area contributed by atoms with Crippen molar-refractivity contribution in [3.63, 3.8) is 0 Å². The first-order valence-corrected chi connectivity index (χ1v) is 12.6. The Morgan fingerprint density at radius 3 is 2.61 bits per heavy atom. The summed E-state index contributed by atoms with van der Waals surface area (Å²) in [5.74, 6) is 0.954. The molecule has 0 saturated heterocycles. The molecule has 190 valence electrons. The van der Waals surface area contributed by atoms with E-state index in [1.807, 2.05) is 31.6 Å². The van der Waals surface area contributed by atoms with Gasteiger partial charge in [-0.1, -0.05) is 39.0 Å². The zero-order chi connectivity index (χ0) is 25.9. The second-order valence-electron chi connectivity index (χ2n) is 9.00. The van der Waals surface area contributed by atoms with Crippen molar-refractivity contribution >= 4 is 22.9 Å². The third kappa shape index (κ3) is 7.38. The monoisotopic (exact) mass is 488 g/mol. The molecule has 0 amide bonds. The number of hydrogen-bond acceptors (Lipinski definition) is 6. The molecule has 0 unspecified atom stereocenters. The molecule has 36 heavy (non-hydrogen) atoms. The number of allylic oxidation sites excluding steroid dienone is 7. The minimum absolute atomic E-state index is 0.203. The van der Waals surface area contributed by atoms with E-state index in [1.54, 1.807) is 18.2 Å². The molecule has 0 aliphatic heterocycles. The summed E-state index contributed by atoms with van der Waals surface area (Å²) < 4.78 is 14.8. The third-order valence-electron chi connectivity index (χ3n) is 5.86. The number of halogens is 1. The van der Waals surface area contributed by atoms with Crippen LogP contribution in [0.15, 0.2) is 72.2 Å². The molecular weight excluding hydrogens is 451 g/mol. The van der Waals surface area contributed by atoms with Gasteiger partial charge in [0.25, 0.3) is 0 Å². The number of hydrogen-bond donors (Lipinski definition) is 4. The van der Waals surface area contributed by atoms with Crippen LogP contribution < -0.4 is 16.0 Å². The van der Waals surface area contributed by atoms with Gasteiger partial charge in [0.15, 0.2) is 0 Å². The maximum atomic E-state index is 14.8. The van der Waals surface area contributed by atoms with Crippen molar-refractivity contribution in [2.45, 2.75) is 46.5 Å². The Morgan fingerprint density at radius 1 is 1.11 bits per heavy atom. The van der Waals surface area contributed by atoms with Crippen LogP contribution in [0, 0.1) is 17.1 Å². The molecule has 2 aromatic heterocycles. The van der Waals surface area contributed by atoms with E-state index < -0.39 is 5.82 Å². The Balaban J connectivity index is 1.68. The van der Waals surface area contributed by atoms with E-state index in [0.29, 0.717) is 22.9 Å². The molecule has 7 heteroatoms. The second kappa shape index (κ2) is 13.4. The van der Waals surface area contributed by atoms with Crippen molar-refractivity contribution < 1.29 is 4.39 Å². The molecule has 0 bridgehead atoms. The standard InChI is InChI=1S/C29H37FN6/c1-5-6-16-33-17-8-7-9-21-10-14-26(34-19-21)35-27-15-12-24(30)29(36-27)22-11-13-25(31)23(18-22)28(32-4)20(2)3/h6,10-16,18-20,31-33H,5,7-9,17H2,1-4H3,(H,34,35,36)/b16-6+,28-23-,31-25?. The average molecular weight is 489 g/mol. The van der Waals surface area contributed by atoms with E-state index in [4.69, 9.17) is 5.41 Å². The predicted molar refractivity (Wildman–Crippen MR) is 148 cm³/mol. The van der Waals surface area contributed by atoms with Crippen molar-refractivity contribution in [2.24, 2.45) is 5.92 Å². The van der Waals surface area contributed by atoms with Crippen LogP contribution in [0.3, 0.4) is 0 Å². The van der Waals surface area contributed by atoms with Gasteiger partial charge in [-0.2, -0.15) is 0 Å². The van der Waals surface area contributed by atoms with Crippen molar-refractivity contribution in [1.82, 2.24) is 20.6 Å². The first-order valence-electron chi connectivity index (χ1n) is 12.6. The van der Waals surface area contributed by atoms with E-state index >= 15 is 0 Å². The highest BCUT2D eigenvalue weighted by molar-refractivity contribution is 6.13. The minimum atomic E-state index is -0.414. The van der Waals surface area contributed by atoms with Crippen LogP contribution in [0.5, 0.6) is 0 Å². The highest BCUT2D eigenvalue weighted by atomic mass is 19.1. The van der Waals surface area contributed by atoms with Gasteiger partial charge < -0.3 is 21.4 Å². The summed E-state index contributed by atoms with van der Waals surface area (Å²) in [6, 6.07) is 6.99. The molecule has 1 aliphatic rings. The van der Waals surface area contributed by atoms with Crippen LogP contribution in [0.4, 0.5) is 16.0 Å². The van der Waals surface area contributed by atoms with Crippen molar-refractivity contribution in [3.8, 4) is 0 Å². The Labute approximate surface area is 214 Å². The smallest absolute Gasteiger partial charge is 0.149 e. The van der Waals surface area contributed by atoms with E-state index in [1.165, 1.54) is 11.6 Å². The topological polar surface area (TPSA) is 85.7 Å². The lowest BCUT2D eigenvalue weighted by Gasteiger charge is -2.19. The zero-order valence-corrected chi connectivity index (χ0v) is 21.7. The summed E-state index contributed by atoms with van der Waals surface area (Å²) in [6.45, 7) is 7.21. The molecular formula is C29H37FN6. The molecule has 3 rings (SSSR count). The summed E-state index contributed by atoms with van der Waals surface area (Å²) >= 11 is 0. The lowest BCUT2D eigenvalue weighted by Crippen LogP contribution is -2.18. The van der Waals surface area contributed by atoms with Gasteiger partial charge in [0.2, 0.25) is 0 Å². The van der Waals surface area contributed by atoms with Crippen LogP contribution >= 0.6 is 0 Å². The van der Waals surface area contributed by atoms with Gasteiger partial charge in [0.1, 0.15) is 23.1 Å². The molecule has 0 aromatic carbocycles. The van der Waals surface area contributed by atoms with Crippen LogP contribution in [0.25, 0.3) is 5.57 Å². The number of unbranched alkanes of at least 4 members (excludes halogenated alkanes) is 1. The van der Waals surface area contributed by atoms with Crippen LogP contribution in [-0.4, -0.2) is 29.3 Å². The highest BCUT2D eigenvalue weighted by Crippen LogP contribution is 2.28. The number of pyridine rings is 2. The normalized spacial score (nSPS) is 14.8. The lowest BCUT2D eigenvalue weighted by molar-refractivity contribution is 0.617. The van der Waals surface area contributed by atoms with Gasteiger partial charge in [-0.25, -0.2) is 14.4 Å². The molecule has 2 aromatic rings. The Hall–Kier alpha value is -3.74. The van der Waals surface area contributed by atoms with Crippen LogP contribution in [0.1, 0.15) is 51.3 Å². The SMILES string of the molecule is CC/C=C/NCCCCc1ccc(Nc2ccc(F)c(C3=C/C(=C(/NC)C(C)C)C(=N)C=C3)n2)nc1. The Bertz CT molecular complexity index is 1160. The molecule has 0 saturated carbocycles. The highest BCUT2D eigenvalue weighted by Gasteiger charge is 2.18. The second-order valence-corrected chi connectivity index (χ2v) is 9.00. The van der Waals surface area contributed by atoms with Gasteiger partial charge in [-0.15, -0.1) is 0 Å². The predicted octanol–water partition coefficient (Wildman–Crippen LogP) is 6.30. The van der Waals surface area contributed by atoms with Crippen molar-refractivity contribution in [3.05, 3.63) is 89.3 Å². The average Bonchev–Trinajstić information content (AvgIpc) is 2.87. The molecule has 6 nitrogen and oxygen atoms in total. The van der Waals surface area contributed by atoms with E-state index in [9.17, 15) is 4.39 Å². The van der Waals surface area contributed by atoms with Gasteiger partial charge in [-0.05, 0) is 73.7 Å². The maximum Gasteiger partial charge on any atom is 0.149 e. The molecule has 2 heterocycles. The van der Waals surface area contributed by atoms with Crippen LogP contribution in [0.2, 0.25) is 0 Å². The van der Waals surface area contributed by atoms with Crippen molar-refractivity contribution in [1.29, 1.82) is 5.41 Å². The summed E-state index contributed by atoms with van der Waals surface area (Å²) in [4.78, 5) is 9.03. The summed E-state index contributed by atoms with van der Waals surface area (Å²) in [5, 5.41) is 18.0. The first-order chi connectivity index (χ1) is 17.4. The molecule has 0 fully saturated rings. The fourth-order valence-corrected chi connectivity index (χ4v) is 3.98. The van der Waals surface area contributed by atoms with Gasteiger partial charge in [0.05, 0.1) is 5.71 Å². The number of nitrogens with one attached hydrogen (secondary N) is 4. The molecule has 0 atom stereocenters. The summed E-state index contributed by atoms with van der Waals surface area (Å²) in [7, 11) is 1.84. The molecule has 0 radical (unpaired) electrons. The largest absolute Gasteiger partial charge is 0.391 e. The fraction of sp³-hybridized carbons (Fsp3) is 0.345. The van der Waals surface area contributed by atoms with E-state index in [0.717, 1.165) is 43.5 Å². The Morgan fingerprint density at radius 2 is 1.92 bits per heavy atom. The number of aryl methyl sites for hydroxylation is 1. The molecule has 1 aliphatic carbocycles. The summed E-state index contributed by atoms with van der Waals surface area (Å²) in [6.07, 6.45) is 15.5. The third-order valence-corrected chi connectivity index (χ3v) is 5.86. The molecule has 4 N–H and O–H groups in total. The number of nitrogens with zero attached hydrogens (tertiary/aromatic N) is 2. The quantitative estimate of drug-likeness (QED) is 0.264. The fourth-order valence-electron chi connectivity index (χ4n) is 3.98. The number of rotatable bonds is 12. The lowest BCUT2D eigenvalue weighted by atomic mass is 9.93. The van der Waals surface area contributed by atoms with E-state index in [2.05, 4.69) is 58.8 Å². The van der Waals surface area contributed by atoms with E-state index in [-0.39, 0.29) is 11.6 Å². The van der Waals surface area contributed by atoms with Crippen LogP contribution in [-0.2, 0) is 6.42 Å². The molecule has 0 spiro atoms. The van der Waals surface area contributed by atoms with Gasteiger partial charge in [0, 0.05) is 36.6 Å². The maximum absolute atomic E-state index is 14.8. The summed E-state index contributed by atoms with van der Waals surface area (Å²) in [5.41, 5.74) is 4.11. The van der Waals surface area contributed by atoms with Gasteiger partial charge >= 0.3 is 0 Å². The zero-order valence-electron chi connectivity index (χ0n) is 21.7.